The lowest BCUT2D eigenvalue weighted by atomic mass is 9.87. The molecule has 0 aromatic heterocycles. The SMILES string of the molecule is CC1CC(C(C)(C)O)C(O)C1O. The van der Waals surface area contributed by atoms with Gasteiger partial charge in [-0.1, -0.05) is 6.92 Å². The van der Waals surface area contributed by atoms with Crippen LogP contribution < -0.4 is 0 Å². The summed E-state index contributed by atoms with van der Waals surface area (Å²) in [5.41, 5.74) is -0.898. The molecule has 0 bridgehead atoms. The second-order valence-electron chi connectivity index (χ2n) is 4.45. The van der Waals surface area contributed by atoms with Gasteiger partial charge in [0.2, 0.25) is 0 Å². The molecule has 12 heavy (non-hydrogen) atoms. The van der Waals surface area contributed by atoms with Crippen molar-refractivity contribution in [2.45, 2.75) is 45.0 Å². The molecular weight excluding hydrogens is 156 g/mol. The molecule has 3 N–H and O–H groups in total. The van der Waals surface area contributed by atoms with E-state index in [0.29, 0.717) is 6.42 Å². The van der Waals surface area contributed by atoms with E-state index in [1.54, 1.807) is 13.8 Å². The molecular formula is C9H18O3. The topological polar surface area (TPSA) is 60.7 Å². The molecule has 0 amide bonds. The first kappa shape index (κ1) is 9.96. The summed E-state index contributed by atoms with van der Waals surface area (Å²) in [5, 5.41) is 28.6. The van der Waals surface area contributed by atoms with Gasteiger partial charge in [0.05, 0.1) is 17.8 Å². The van der Waals surface area contributed by atoms with Crippen LogP contribution in [0.4, 0.5) is 0 Å². The molecule has 4 unspecified atom stereocenters. The number of aliphatic hydroxyl groups excluding tert-OH is 2. The molecule has 1 aliphatic rings. The molecule has 3 nitrogen and oxygen atoms in total. The first-order valence-electron chi connectivity index (χ1n) is 4.42. The summed E-state index contributed by atoms with van der Waals surface area (Å²) < 4.78 is 0. The van der Waals surface area contributed by atoms with Gasteiger partial charge in [-0.25, -0.2) is 0 Å². The van der Waals surface area contributed by atoms with Gasteiger partial charge in [0.25, 0.3) is 0 Å². The molecule has 4 atom stereocenters. The maximum Gasteiger partial charge on any atom is 0.0857 e. The van der Waals surface area contributed by atoms with E-state index in [2.05, 4.69) is 0 Å². The lowest BCUT2D eigenvalue weighted by molar-refractivity contribution is -0.0615. The summed E-state index contributed by atoms with van der Waals surface area (Å²) in [7, 11) is 0. The Labute approximate surface area is 73.0 Å². The lowest BCUT2D eigenvalue weighted by Crippen LogP contribution is -2.39. The molecule has 1 saturated carbocycles. The summed E-state index contributed by atoms with van der Waals surface area (Å²) in [4.78, 5) is 0. The van der Waals surface area contributed by atoms with E-state index in [0.717, 1.165) is 0 Å². The summed E-state index contributed by atoms with van der Waals surface area (Å²) in [6, 6.07) is 0. The van der Waals surface area contributed by atoms with Gasteiger partial charge in [-0.05, 0) is 26.2 Å². The fourth-order valence-corrected chi connectivity index (χ4v) is 1.96. The molecule has 3 heteroatoms. The van der Waals surface area contributed by atoms with Crippen molar-refractivity contribution in [1.29, 1.82) is 0 Å². The van der Waals surface area contributed by atoms with E-state index in [1.165, 1.54) is 0 Å². The molecule has 1 rings (SSSR count). The largest absolute Gasteiger partial charge is 0.390 e. The van der Waals surface area contributed by atoms with E-state index < -0.39 is 17.8 Å². The molecule has 0 heterocycles. The highest BCUT2D eigenvalue weighted by Gasteiger charge is 2.45. The first-order valence-corrected chi connectivity index (χ1v) is 4.42. The number of hydrogen-bond acceptors (Lipinski definition) is 3. The average Bonchev–Trinajstić information content (AvgIpc) is 2.15. The third-order valence-corrected chi connectivity index (χ3v) is 2.88. The Kier molecular flexibility index (Phi) is 2.47. The van der Waals surface area contributed by atoms with Crippen LogP contribution in [0, 0.1) is 11.8 Å². The lowest BCUT2D eigenvalue weighted by Gasteiger charge is -2.28. The first-order chi connectivity index (χ1) is 5.34. The Bertz CT molecular complexity index is 162. The minimum absolute atomic E-state index is 0.0800. The zero-order valence-electron chi connectivity index (χ0n) is 7.86. The Morgan fingerprint density at radius 1 is 1.17 bits per heavy atom. The van der Waals surface area contributed by atoms with E-state index in [-0.39, 0.29) is 11.8 Å². The number of hydrogen-bond donors (Lipinski definition) is 3. The van der Waals surface area contributed by atoms with Gasteiger partial charge < -0.3 is 15.3 Å². The van der Waals surface area contributed by atoms with Crippen molar-refractivity contribution in [2.24, 2.45) is 11.8 Å². The Morgan fingerprint density at radius 2 is 1.67 bits per heavy atom. The van der Waals surface area contributed by atoms with Crippen molar-refractivity contribution in [2.75, 3.05) is 0 Å². The maximum absolute atomic E-state index is 9.65. The molecule has 72 valence electrons. The van der Waals surface area contributed by atoms with E-state index in [1.807, 2.05) is 6.92 Å². The van der Waals surface area contributed by atoms with Crippen LogP contribution in [0.15, 0.2) is 0 Å². The minimum Gasteiger partial charge on any atom is -0.390 e. The Balaban J connectivity index is 2.71. The Morgan fingerprint density at radius 3 is 1.83 bits per heavy atom. The predicted molar refractivity (Wildman–Crippen MR) is 45.6 cm³/mol. The highest BCUT2D eigenvalue weighted by Crippen LogP contribution is 2.37. The van der Waals surface area contributed by atoms with Crippen molar-refractivity contribution in [3.8, 4) is 0 Å². The molecule has 0 aliphatic heterocycles. The van der Waals surface area contributed by atoms with Crippen LogP contribution in [0.1, 0.15) is 27.2 Å². The fraction of sp³-hybridized carbons (Fsp3) is 1.00. The quantitative estimate of drug-likeness (QED) is 0.529. The molecule has 0 aromatic carbocycles. The van der Waals surface area contributed by atoms with Gasteiger partial charge in [-0.3, -0.25) is 0 Å². The van der Waals surface area contributed by atoms with E-state index >= 15 is 0 Å². The van der Waals surface area contributed by atoms with Gasteiger partial charge >= 0.3 is 0 Å². The summed E-state index contributed by atoms with van der Waals surface area (Å²) in [5.74, 6) is -0.126. The monoisotopic (exact) mass is 174 g/mol. The van der Waals surface area contributed by atoms with Crippen LogP contribution in [0.2, 0.25) is 0 Å². The van der Waals surface area contributed by atoms with Crippen molar-refractivity contribution in [1.82, 2.24) is 0 Å². The van der Waals surface area contributed by atoms with Crippen molar-refractivity contribution >= 4 is 0 Å². The molecule has 0 aromatic rings. The molecule has 1 fully saturated rings. The molecule has 1 aliphatic carbocycles. The smallest absolute Gasteiger partial charge is 0.0857 e. The molecule has 0 saturated heterocycles. The van der Waals surface area contributed by atoms with Crippen LogP contribution in [0.25, 0.3) is 0 Å². The van der Waals surface area contributed by atoms with Crippen LogP contribution in [0.5, 0.6) is 0 Å². The minimum atomic E-state index is -0.898. The standard InChI is InChI=1S/C9H18O3/c1-5-4-6(9(2,3)12)8(11)7(5)10/h5-8,10-12H,4H2,1-3H3. The van der Waals surface area contributed by atoms with Gasteiger partial charge in [0, 0.05) is 5.92 Å². The fourth-order valence-electron chi connectivity index (χ4n) is 1.96. The zero-order chi connectivity index (χ0) is 9.52. The average molecular weight is 174 g/mol. The van der Waals surface area contributed by atoms with Crippen LogP contribution in [0.3, 0.4) is 0 Å². The highest BCUT2D eigenvalue weighted by molar-refractivity contribution is 4.95. The molecule has 0 radical (unpaired) electrons. The van der Waals surface area contributed by atoms with Gasteiger partial charge in [-0.15, -0.1) is 0 Å². The third-order valence-electron chi connectivity index (χ3n) is 2.88. The summed E-state index contributed by atoms with van der Waals surface area (Å²) >= 11 is 0. The van der Waals surface area contributed by atoms with Crippen molar-refractivity contribution in [3.05, 3.63) is 0 Å². The van der Waals surface area contributed by atoms with Gasteiger partial charge in [-0.2, -0.15) is 0 Å². The summed E-state index contributed by atoms with van der Waals surface area (Å²) in [6.45, 7) is 5.23. The second-order valence-corrected chi connectivity index (χ2v) is 4.45. The van der Waals surface area contributed by atoms with Gasteiger partial charge in [0.1, 0.15) is 0 Å². The molecule has 0 spiro atoms. The van der Waals surface area contributed by atoms with Crippen LogP contribution in [-0.4, -0.2) is 33.1 Å². The number of aliphatic hydroxyl groups is 3. The van der Waals surface area contributed by atoms with Crippen LogP contribution in [-0.2, 0) is 0 Å². The second kappa shape index (κ2) is 2.98. The maximum atomic E-state index is 9.65. The van der Waals surface area contributed by atoms with E-state index in [4.69, 9.17) is 0 Å². The van der Waals surface area contributed by atoms with Crippen molar-refractivity contribution < 1.29 is 15.3 Å². The Hall–Kier alpha value is -0.120. The summed E-state index contributed by atoms with van der Waals surface area (Å²) in [6.07, 6.45) is -0.771. The number of rotatable bonds is 1. The third kappa shape index (κ3) is 1.63. The van der Waals surface area contributed by atoms with Crippen molar-refractivity contribution in [3.63, 3.8) is 0 Å². The zero-order valence-corrected chi connectivity index (χ0v) is 7.86. The van der Waals surface area contributed by atoms with E-state index in [9.17, 15) is 15.3 Å². The van der Waals surface area contributed by atoms with Gasteiger partial charge in [0.15, 0.2) is 0 Å². The van der Waals surface area contributed by atoms with Crippen LogP contribution >= 0.6 is 0 Å². The normalized spacial score (nSPS) is 43.5. The highest BCUT2D eigenvalue weighted by atomic mass is 16.3. The predicted octanol–water partition coefficient (Wildman–Crippen LogP) is 0.135.